The van der Waals surface area contributed by atoms with E-state index in [1.807, 2.05) is 0 Å². The van der Waals surface area contributed by atoms with Crippen LogP contribution in [0.25, 0.3) is 0 Å². The molecule has 0 aromatic rings. The van der Waals surface area contributed by atoms with Gasteiger partial charge < -0.3 is 20.5 Å². The van der Waals surface area contributed by atoms with Crippen LogP contribution in [-0.4, -0.2) is 46.5 Å². The zero-order valence-corrected chi connectivity index (χ0v) is 12.2. The number of hydrogen-bond donors (Lipinski definition) is 3. The Kier molecular flexibility index (Phi) is 4.42. The summed E-state index contributed by atoms with van der Waals surface area (Å²) in [6.45, 7) is 7.36. The number of nitrogens with two attached hydrogens (primary N) is 1. The molecule has 20 heavy (non-hydrogen) atoms. The van der Waals surface area contributed by atoms with Gasteiger partial charge in [-0.3, -0.25) is 5.41 Å². The van der Waals surface area contributed by atoms with Crippen molar-refractivity contribution in [2.75, 3.05) is 13.1 Å². The minimum Gasteiger partial charge on any atom is -0.477 e. The van der Waals surface area contributed by atoms with Gasteiger partial charge in [-0.25, -0.2) is 9.59 Å². The molecule has 1 aliphatic rings. The maximum absolute atomic E-state index is 12.0. The van der Waals surface area contributed by atoms with Crippen molar-refractivity contribution < 1.29 is 19.4 Å². The van der Waals surface area contributed by atoms with Crippen LogP contribution in [0.15, 0.2) is 11.3 Å². The molecule has 4 N–H and O–H groups in total. The van der Waals surface area contributed by atoms with Crippen molar-refractivity contribution in [3.8, 4) is 0 Å². The van der Waals surface area contributed by atoms with Gasteiger partial charge in [0.1, 0.15) is 11.3 Å². The van der Waals surface area contributed by atoms with Gasteiger partial charge in [-0.15, -0.1) is 0 Å². The van der Waals surface area contributed by atoms with E-state index in [1.165, 1.54) is 4.90 Å². The molecule has 0 unspecified atom stereocenters. The third-order valence-electron chi connectivity index (χ3n) is 2.89. The fourth-order valence-electron chi connectivity index (χ4n) is 1.89. The van der Waals surface area contributed by atoms with Crippen molar-refractivity contribution in [1.29, 1.82) is 5.41 Å². The predicted molar refractivity (Wildman–Crippen MR) is 73.5 cm³/mol. The zero-order valence-electron chi connectivity index (χ0n) is 12.2. The molecule has 0 bridgehead atoms. The summed E-state index contributed by atoms with van der Waals surface area (Å²) in [4.78, 5) is 24.3. The fraction of sp³-hybridized carbons (Fsp3) is 0.615. The number of carboxylic acids is 1. The monoisotopic (exact) mass is 283 g/mol. The lowest BCUT2D eigenvalue weighted by molar-refractivity contribution is -0.129. The lowest BCUT2D eigenvalue weighted by Gasteiger charge is -2.34. The molecule has 0 aliphatic carbocycles. The van der Waals surface area contributed by atoms with Crippen LogP contribution in [0.2, 0.25) is 0 Å². The number of hydrogen-bond acceptors (Lipinski definition) is 5. The van der Waals surface area contributed by atoms with Crippen molar-refractivity contribution in [2.24, 2.45) is 11.7 Å². The van der Waals surface area contributed by atoms with Crippen LogP contribution in [0.5, 0.6) is 0 Å². The van der Waals surface area contributed by atoms with Gasteiger partial charge in [0, 0.05) is 23.7 Å². The lowest BCUT2D eigenvalue weighted by atomic mass is 9.94. The van der Waals surface area contributed by atoms with Crippen molar-refractivity contribution in [1.82, 2.24) is 4.90 Å². The molecule has 0 fully saturated rings. The van der Waals surface area contributed by atoms with E-state index in [1.54, 1.807) is 27.7 Å². The first-order valence-electron chi connectivity index (χ1n) is 6.31. The van der Waals surface area contributed by atoms with Crippen molar-refractivity contribution >= 4 is 17.8 Å². The molecular formula is C13H21N3O4. The van der Waals surface area contributed by atoms with Gasteiger partial charge in [0.05, 0.1) is 6.54 Å². The number of nitrogens with zero attached hydrogens (tertiary/aromatic N) is 1. The fourth-order valence-corrected chi connectivity index (χ4v) is 1.89. The standard InChI is InChI=1S/C13H21N3O4/c1-7-5-16(12(19)20-13(2,3)4)6-8(9(7)14)10(15)11(17)18/h7,15H,5-6,14H2,1-4H3,(H,17,18)/t7-/m0/s1. The van der Waals surface area contributed by atoms with Gasteiger partial charge in [-0.05, 0) is 20.8 Å². The molecular weight excluding hydrogens is 262 g/mol. The van der Waals surface area contributed by atoms with E-state index in [4.69, 9.17) is 21.0 Å². The summed E-state index contributed by atoms with van der Waals surface area (Å²) < 4.78 is 5.25. The first-order chi connectivity index (χ1) is 9.03. The Hall–Kier alpha value is -2.05. The van der Waals surface area contributed by atoms with E-state index in [0.717, 1.165) is 0 Å². The normalized spacial score (nSPS) is 19.8. The first kappa shape index (κ1) is 16.0. The second-order valence-electron chi connectivity index (χ2n) is 5.88. The quantitative estimate of drug-likeness (QED) is 0.658. The molecule has 0 radical (unpaired) electrons. The SMILES string of the molecule is C[C@H]1CN(C(=O)OC(C)(C)C)CC(C(=N)C(=O)O)=C1N. The van der Waals surface area contributed by atoms with Crippen molar-refractivity contribution in [2.45, 2.75) is 33.3 Å². The van der Waals surface area contributed by atoms with E-state index >= 15 is 0 Å². The molecule has 0 aromatic heterocycles. The second-order valence-corrected chi connectivity index (χ2v) is 5.88. The largest absolute Gasteiger partial charge is 0.477 e. The van der Waals surface area contributed by atoms with E-state index in [2.05, 4.69) is 0 Å². The summed E-state index contributed by atoms with van der Waals surface area (Å²) in [7, 11) is 0. The van der Waals surface area contributed by atoms with E-state index in [0.29, 0.717) is 12.2 Å². The van der Waals surface area contributed by atoms with Crippen LogP contribution >= 0.6 is 0 Å². The van der Waals surface area contributed by atoms with Crippen LogP contribution in [0, 0.1) is 11.3 Å². The average molecular weight is 283 g/mol. The molecule has 1 aliphatic heterocycles. The second kappa shape index (κ2) is 5.52. The smallest absolute Gasteiger partial charge is 0.410 e. The highest BCUT2D eigenvalue weighted by molar-refractivity contribution is 6.41. The number of amides is 1. The molecule has 1 rings (SSSR count). The average Bonchev–Trinajstić information content (AvgIpc) is 2.29. The minimum atomic E-state index is -1.36. The van der Waals surface area contributed by atoms with E-state index in [-0.39, 0.29) is 18.0 Å². The van der Waals surface area contributed by atoms with Crippen molar-refractivity contribution in [3.63, 3.8) is 0 Å². The lowest BCUT2D eigenvalue weighted by Crippen LogP contribution is -2.46. The molecule has 1 atom stereocenters. The number of carbonyl (C=O) groups excluding carboxylic acids is 1. The number of rotatable bonds is 2. The first-order valence-corrected chi connectivity index (χ1v) is 6.31. The Morgan fingerprint density at radius 1 is 1.45 bits per heavy atom. The Balaban J connectivity index is 2.95. The van der Waals surface area contributed by atoms with Crippen LogP contribution < -0.4 is 5.73 Å². The predicted octanol–water partition coefficient (Wildman–Crippen LogP) is 1.19. The van der Waals surface area contributed by atoms with Gasteiger partial charge in [0.15, 0.2) is 0 Å². The van der Waals surface area contributed by atoms with Gasteiger partial charge in [-0.2, -0.15) is 0 Å². The molecule has 0 spiro atoms. The summed E-state index contributed by atoms with van der Waals surface area (Å²) in [5.74, 6) is -1.58. The van der Waals surface area contributed by atoms with E-state index < -0.39 is 23.4 Å². The molecule has 1 amide bonds. The molecule has 0 saturated heterocycles. The Labute approximate surface area is 117 Å². The third kappa shape index (κ3) is 3.72. The Morgan fingerprint density at radius 2 is 2.00 bits per heavy atom. The molecule has 112 valence electrons. The highest BCUT2D eigenvalue weighted by Gasteiger charge is 2.32. The Morgan fingerprint density at radius 3 is 2.45 bits per heavy atom. The van der Waals surface area contributed by atoms with Gasteiger partial charge >= 0.3 is 12.1 Å². The highest BCUT2D eigenvalue weighted by atomic mass is 16.6. The number of carboxylic acid groups (broad SMARTS) is 1. The molecule has 7 nitrogen and oxygen atoms in total. The van der Waals surface area contributed by atoms with E-state index in [9.17, 15) is 9.59 Å². The maximum Gasteiger partial charge on any atom is 0.410 e. The van der Waals surface area contributed by atoms with Gasteiger partial charge in [-0.1, -0.05) is 6.92 Å². The molecule has 7 heteroatoms. The summed E-state index contributed by atoms with van der Waals surface area (Å²) in [5, 5.41) is 16.5. The summed E-state index contributed by atoms with van der Waals surface area (Å²) in [5.41, 5.74) is 5.15. The van der Waals surface area contributed by atoms with Crippen molar-refractivity contribution in [3.05, 3.63) is 11.3 Å². The zero-order chi connectivity index (χ0) is 15.7. The molecule has 0 aromatic carbocycles. The minimum absolute atomic E-state index is 0.0176. The van der Waals surface area contributed by atoms with Crippen LogP contribution in [0.4, 0.5) is 4.79 Å². The van der Waals surface area contributed by atoms with Crippen LogP contribution in [0.3, 0.4) is 0 Å². The number of nitrogens with one attached hydrogen (secondary N) is 1. The van der Waals surface area contributed by atoms with Crippen LogP contribution in [-0.2, 0) is 9.53 Å². The van der Waals surface area contributed by atoms with Gasteiger partial charge in [0.2, 0.25) is 0 Å². The summed E-state index contributed by atoms with van der Waals surface area (Å²) >= 11 is 0. The number of carbonyl (C=O) groups is 2. The van der Waals surface area contributed by atoms with Crippen LogP contribution in [0.1, 0.15) is 27.7 Å². The summed E-state index contributed by atoms with van der Waals surface area (Å²) in [6, 6.07) is 0. The summed E-state index contributed by atoms with van der Waals surface area (Å²) in [6.07, 6.45) is -0.535. The van der Waals surface area contributed by atoms with Gasteiger partial charge in [0.25, 0.3) is 0 Å². The maximum atomic E-state index is 12.0. The highest BCUT2D eigenvalue weighted by Crippen LogP contribution is 2.22. The number of aliphatic carboxylic acids is 1. The molecule has 1 heterocycles. The Bertz CT molecular complexity index is 476. The third-order valence-corrected chi connectivity index (χ3v) is 2.89. The number of ether oxygens (including phenoxy) is 1. The molecule has 0 saturated carbocycles. The topological polar surface area (TPSA) is 117 Å².